The van der Waals surface area contributed by atoms with Crippen molar-refractivity contribution in [3.63, 3.8) is 0 Å². The number of hydrogen-bond acceptors (Lipinski definition) is 4. The first-order chi connectivity index (χ1) is 16.7. The van der Waals surface area contributed by atoms with Crippen LogP contribution in [0.15, 0.2) is 91.3 Å². The summed E-state index contributed by atoms with van der Waals surface area (Å²) in [5.74, 6) is 1.66. The molecule has 1 aliphatic rings. The third-order valence-electron chi connectivity index (χ3n) is 5.96. The molecule has 172 valence electrons. The zero-order valence-electron chi connectivity index (χ0n) is 19.1. The Kier molecular flexibility index (Phi) is 6.18. The lowest BCUT2D eigenvalue weighted by Gasteiger charge is -2.29. The summed E-state index contributed by atoms with van der Waals surface area (Å²) in [5.41, 5.74) is 4.07. The Balaban J connectivity index is 1.60. The maximum absolute atomic E-state index is 5.85. The number of thiocarbonyl (C=S) groups is 1. The van der Waals surface area contributed by atoms with E-state index in [1.54, 1.807) is 7.11 Å². The molecule has 0 spiro atoms. The number of nitrogens with zero attached hydrogens (tertiary/aromatic N) is 3. The zero-order chi connectivity index (χ0) is 23.5. The van der Waals surface area contributed by atoms with Crippen LogP contribution in [0.25, 0.3) is 5.69 Å². The third kappa shape index (κ3) is 4.10. The second-order valence-corrected chi connectivity index (χ2v) is 8.31. The van der Waals surface area contributed by atoms with Gasteiger partial charge in [0.2, 0.25) is 0 Å². The van der Waals surface area contributed by atoms with Crippen molar-refractivity contribution in [3.05, 3.63) is 103 Å². The molecule has 34 heavy (non-hydrogen) atoms. The number of pyridine rings is 1. The summed E-state index contributed by atoms with van der Waals surface area (Å²) < 4.78 is 13.2. The molecule has 0 radical (unpaired) electrons. The SMILES string of the molecule is CCOc1ccc(-n2cccc2[C@H]2[C@@H](c3ccccn3)NC(=S)N2c2ccc(OC)cc2)cc1. The number of anilines is 1. The second-order valence-electron chi connectivity index (χ2n) is 7.92. The maximum atomic E-state index is 5.85. The van der Waals surface area contributed by atoms with Crippen LogP contribution in [0.1, 0.15) is 30.4 Å². The van der Waals surface area contributed by atoms with Crippen LogP contribution in [0.3, 0.4) is 0 Å². The fourth-order valence-corrected chi connectivity index (χ4v) is 4.76. The zero-order valence-corrected chi connectivity index (χ0v) is 19.9. The Morgan fingerprint density at radius 2 is 1.65 bits per heavy atom. The summed E-state index contributed by atoms with van der Waals surface area (Å²) in [5, 5.41) is 4.18. The fourth-order valence-electron chi connectivity index (χ4n) is 4.42. The number of methoxy groups -OCH3 is 1. The summed E-state index contributed by atoms with van der Waals surface area (Å²) >= 11 is 5.85. The standard InChI is InChI=1S/C27H26N4O2S/c1-3-33-22-15-9-19(10-16-22)30-18-6-8-24(30)26-25(23-7-4-5-17-28-23)29-27(34)31(26)20-11-13-21(32-2)14-12-20/h4-18,25-26H,3H2,1-2H3,(H,29,34)/t25-,26+/m1/s1. The smallest absolute Gasteiger partial charge is 0.174 e. The van der Waals surface area contributed by atoms with Gasteiger partial charge in [0, 0.05) is 29.5 Å². The molecule has 2 aromatic carbocycles. The van der Waals surface area contributed by atoms with Gasteiger partial charge < -0.3 is 24.3 Å². The first-order valence-electron chi connectivity index (χ1n) is 11.2. The van der Waals surface area contributed by atoms with Gasteiger partial charge in [0.1, 0.15) is 17.5 Å². The third-order valence-corrected chi connectivity index (χ3v) is 6.27. The Labute approximate surface area is 204 Å². The highest BCUT2D eigenvalue weighted by Crippen LogP contribution is 2.42. The molecule has 0 aliphatic carbocycles. The Morgan fingerprint density at radius 1 is 0.912 bits per heavy atom. The minimum atomic E-state index is -0.118. The van der Waals surface area contributed by atoms with Gasteiger partial charge in [0.25, 0.3) is 0 Å². The molecule has 1 saturated heterocycles. The van der Waals surface area contributed by atoms with Crippen molar-refractivity contribution in [2.75, 3.05) is 18.6 Å². The van der Waals surface area contributed by atoms with Crippen LogP contribution in [0.5, 0.6) is 11.5 Å². The van der Waals surface area contributed by atoms with Gasteiger partial charge in [-0.3, -0.25) is 4.98 Å². The summed E-state index contributed by atoms with van der Waals surface area (Å²) in [4.78, 5) is 6.81. The van der Waals surface area contributed by atoms with Gasteiger partial charge in [0.15, 0.2) is 5.11 Å². The van der Waals surface area contributed by atoms with Gasteiger partial charge in [-0.15, -0.1) is 0 Å². The van der Waals surface area contributed by atoms with Crippen LogP contribution >= 0.6 is 12.2 Å². The van der Waals surface area contributed by atoms with Crippen molar-refractivity contribution in [2.45, 2.75) is 19.0 Å². The van der Waals surface area contributed by atoms with Crippen LogP contribution < -0.4 is 19.7 Å². The van der Waals surface area contributed by atoms with Crippen molar-refractivity contribution in [3.8, 4) is 17.2 Å². The number of rotatable bonds is 7. The fraction of sp³-hybridized carbons (Fsp3) is 0.185. The van der Waals surface area contributed by atoms with E-state index in [9.17, 15) is 0 Å². The summed E-state index contributed by atoms with van der Waals surface area (Å²) in [7, 11) is 1.67. The summed E-state index contributed by atoms with van der Waals surface area (Å²) in [6.45, 7) is 2.63. The highest BCUT2D eigenvalue weighted by molar-refractivity contribution is 7.80. The molecule has 6 nitrogen and oxygen atoms in total. The molecule has 7 heteroatoms. The van der Waals surface area contributed by atoms with E-state index >= 15 is 0 Å². The van der Waals surface area contributed by atoms with Crippen LogP contribution in [0.4, 0.5) is 5.69 Å². The quantitative estimate of drug-likeness (QED) is 0.362. The molecule has 0 saturated carbocycles. The number of nitrogens with one attached hydrogen (secondary N) is 1. The van der Waals surface area contributed by atoms with E-state index in [0.717, 1.165) is 34.3 Å². The highest BCUT2D eigenvalue weighted by Gasteiger charge is 2.42. The van der Waals surface area contributed by atoms with Crippen molar-refractivity contribution in [1.82, 2.24) is 14.9 Å². The molecular weight excluding hydrogens is 444 g/mol. The molecule has 4 aromatic rings. The number of benzene rings is 2. The van der Waals surface area contributed by atoms with E-state index in [1.807, 2.05) is 67.7 Å². The van der Waals surface area contributed by atoms with E-state index in [1.165, 1.54) is 0 Å². The Bertz CT molecular complexity index is 1260. The Hall–Kier alpha value is -3.84. The molecule has 0 unspecified atom stereocenters. The number of aromatic nitrogens is 2. The van der Waals surface area contributed by atoms with E-state index < -0.39 is 0 Å². The molecule has 3 heterocycles. The molecule has 2 atom stereocenters. The maximum Gasteiger partial charge on any atom is 0.174 e. The topological polar surface area (TPSA) is 51.5 Å². The minimum absolute atomic E-state index is 0.114. The van der Waals surface area contributed by atoms with Crippen molar-refractivity contribution >= 4 is 23.0 Å². The molecular formula is C27H26N4O2S. The molecule has 1 aliphatic heterocycles. The number of hydrogen-bond donors (Lipinski definition) is 1. The Morgan fingerprint density at radius 3 is 2.32 bits per heavy atom. The van der Waals surface area contributed by atoms with Crippen LogP contribution in [-0.4, -0.2) is 28.4 Å². The average molecular weight is 471 g/mol. The van der Waals surface area contributed by atoms with Crippen LogP contribution in [0.2, 0.25) is 0 Å². The lowest BCUT2D eigenvalue weighted by Crippen LogP contribution is -2.30. The van der Waals surface area contributed by atoms with Gasteiger partial charge in [0.05, 0.1) is 25.5 Å². The van der Waals surface area contributed by atoms with Gasteiger partial charge in [-0.05, 0) is 91.9 Å². The van der Waals surface area contributed by atoms with E-state index in [4.69, 9.17) is 21.7 Å². The van der Waals surface area contributed by atoms with E-state index in [2.05, 4.69) is 50.2 Å². The molecule has 5 rings (SSSR count). The van der Waals surface area contributed by atoms with Crippen LogP contribution in [0, 0.1) is 0 Å². The lowest BCUT2D eigenvalue weighted by molar-refractivity contribution is 0.340. The van der Waals surface area contributed by atoms with E-state index in [0.29, 0.717) is 11.7 Å². The first-order valence-corrected chi connectivity index (χ1v) is 11.7. The molecule has 1 N–H and O–H groups in total. The first kappa shape index (κ1) is 22.0. The summed E-state index contributed by atoms with van der Waals surface area (Å²) in [6.07, 6.45) is 3.90. The monoisotopic (exact) mass is 470 g/mol. The number of ether oxygens (including phenoxy) is 2. The van der Waals surface area contributed by atoms with Crippen LogP contribution in [-0.2, 0) is 0 Å². The van der Waals surface area contributed by atoms with Crippen molar-refractivity contribution < 1.29 is 9.47 Å². The van der Waals surface area contributed by atoms with Gasteiger partial charge in [-0.1, -0.05) is 6.07 Å². The molecule has 1 fully saturated rings. The predicted octanol–water partition coefficient (Wildman–Crippen LogP) is 5.46. The van der Waals surface area contributed by atoms with E-state index in [-0.39, 0.29) is 12.1 Å². The second kappa shape index (κ2) is 9.57. The highest BCUT2D eigenvalue weighted by atomic mass is 32.1. The van der Waals surface area contributed by atoms with Gasteiger partial charge in [-0.2, -0.15) is 0 Å². The van der Waals surface area contributed by atoms with Crippen molar-refractivity contribution in [2.24, 2.45) is 0 Å². The van der Waals surface area contributed by atoms with Crippen molar-refractivity contribution in [1.29, 1.82) is 0 Å². The average Bonchev–Trinajstić information content (AvgIpc) is 3.49. The molecule has 0 bridgehead atoms. The minimum Gasteiger partial charge on any atom is -0.497 e. The van der Waals surface area contributed by atoms with Gasteiger partial charge in [-0.25, -0.2) is 0 Å². The predicted molar refractivity (Wildman–Crippen MR) is 138 cm³/mol. The molecule has 0 amide bonds. The van der Waals surface area contributed by atoms with Gasteiger partial charge >= 0.3 is 0 Å². The normalized spacial score (nSPS) is 17.5. The lowest BCUT2D eigenvalue weighted by atomic mass is 10.0. The largest absolute Gasteiger partial charge is 0.497 e. The summed E-state index contributed by atoms with van der Waals surface area (Å²) in [6, 6.07) is 26.1. The molecule has 2 aromatic heterocycles.